The standard InChI is InChI=1S/C13H24N2O4/c1-14(7-3-2-4-9-16)13(19)15-8-5-6-11(15)10-12(17)18/h11,16H,2-10H2,1H3,(H,17,18). The van der Waals surface area contributed by atoms with E-state index in [1.807, 2.05) is 0 Å². The predicted molar refractivity (Wildman–Crippen MR) is 70.9 cm³/mol. The van der Waals surface area contributed by atoms with Gasteiger partial charge >= 0.3 is 12.0 Å². The highest BCUT2D eigenvalue weighted by Crippen LogP contribution is 2.21. The molecule has 1 fully saturated rings. The lowest BCUT2D eigenvalue weighted by Crippen LogP contribution is -2.44. The molecule has 0 aromatic carbocycles. The van der Waals surface area contributed by atoms with Gasteiger partial charge in [-0.05, 0) is 32.1 Å². The number of nitrogens with zero attached hydrogens (tertiary/aromatic N) is 2. The highest BCUT2D eigenvalue weighted by Gasteiger charge is 2.31. The zero-order valence-electron chi connectivity index (χ0n) is 11.5. The lowest BCUT2D eigenvalue weighted by atomic mass is 10.1. The number of amides is 2. The largest absolute Gasteiger partial charge is 0.481 e. The van der Waals surface area contributed by atoms with Gasteiger partial charge in [0.2, 0.25) is 0 Å². The van der Waals surface area contributed by atoms with Crippen molar-refractivity contribution in [3.05, 3.63) is 0 Å². The molecule has 1 atom stereocenters. The molecular weight excluding hydrogens is 248 g/mol. The minimum Gasteiger partial charge on any atom is -0.481 e. The number of hydrogen-bond acceptors (Lipinski definition) is 3. The van der Waals surface area contributed by atoms with Crippen LogP contribution in [0, 0.1) is 0 Å². The van der Waals surface area contributed by atoms with E-state index >= 15 is 0 Å². The molecule has 0 radical (unpaired) electrons. The van der Waals surface area contributed by atoms with E-state index in [2.05, 4.69) is 0 Å². The van der Waals surface area contributed by atoms with E-state index in [0.717, 1.165) is 32.1 Å². The normalized spacial score (nSPS) is 18.6. The molecule has 19 heavy (non-hydrogen) atoms. The number of unbranched alkanes of at least 4 members (excludes halogenated alkanes) is 2. The van der Waals surface area contributed by atoms with Crippen LogP contribution in [0.5, 0.6) is 0 Å². The number of carbonyl (C=O) groups is 2. The Morgan fingerprint density at radius 2 is 2.05 bits per heavy atom. The summed E-state index contributed by atoms with van der Waals surface area (Å²) in [7, 11) is 1.75. The maximum atomic E-state index is 12.2. The van der Waals surface area contributed by atoms with Crippen LogP contribution in [0.1, 0.15) is 38.5 Å². The fraction of sp³-hybridized carbons (Fsp3) is 0.846. The summed E-state index contributed by atoms with van der Waals surface area (Å²) in [5, 5.41) is 17.5. The van der Waals surface area contributed by atoms with Crippen molar-refractivity contribution in [1.82, 2.24) is 9.80 Å². The van der Waals surface area contributed by atoms with Crippen molar-refractivity contribution >= 4 is 12.0 Å². The maximum Gasteiger partial charge on any atom is 0.320 e. The summed E-state index contributed by atoms with van der Waals surface area (Å²) in [5.41, 5.74) is 0. The van der Waals surface area contributed by atoms with Crippen LogP contribution >= 0.6 is 0 Å². The average Bonchev–Trinajstić information content (AvgIpc) is 2.80. The molecule has 1 rings (SSSR count). The minimum absolute atomic E-state index is 0.0318. The number of carbonyl (C=O) groups excluding carboxylic acids is 1. The Balaban J connectivity index is 2.39. The number of urea groups is 1. The smallest absolute Gasteiger partial charge is 0.320 e. The Kier molecular flexibility index (Phi) is 6.62. The van der Waals surface area contributed by atoms with Crippen LogP contribution in [0.15, 0.2) is 0 Å². The molecule has 2 N–H and O–H groups in total. The number of carboxylic acids is 1. The zero-order valence-corrected chi connectivity index (χ0v) is 11.5. The van der Waals surface area contributed by atoms with Crippen molar-refractivity contribution in [3.63, 3.8) is 0 Å². The average molecular weight is 272 g/mol. The molecule has 1 aliphatic heterocycles. The third-order valence-corrected chi connectivity index (χ3v) is 3.51. The maximum absolute atomic E-state index is 12.2. The molecule has 1 heterocycles. The number of carboxylic acid groups (broad SMARTS) is 1. The number of hydrogen-bond donors (Lipinski definition) is 2. The lowest BCUT2D eigenvalue weighted by molar-refractivity contribution is -0.138. The van der Waals surface area contributed by atoms with Crippen molar-refractivity contribution in [2.45, 2.75) is 44.6 Å². The molecule has 0 spiro atoms. The summed E-state index contributed by atoms with van der Waals surface area (Å²) in [4.78, 5) is 26.3. The monoisotopic (exact) mass is 272 g/mol. The van der Waals surface area contributed by atoms with E-state index in [0.29, 0.717) is 13.1 Å². The van der Waals surface area contributed by atoms with Crippen LogP contribution in [0.3, 0.4) is 0 Å². The zero-order chi connectivity index (χ0) is 14.3. The summed E-state index contributed by atoms with van der Waals surface area (Å²) in [6, 6.07) is -0.238. The molecule has 0 aliphatic carbocycles. The van der Waals surface area contributed by atoms with E-state index in [-0.39, 0.29) is 25.1 Å². The van der Waals surface area contributed by atoms with Gasteiger partial charge in [-0.1, -0.05) is 0 Å². The Morgan fingerprint density at radius 1 is 1.32 bits per heavy atom. The first-order valence-electron chi connectivity index (χ1n) is 6.90. The summed E-state index contributed by atoms with van der Waals surface area (Å²) in [6.07, 6.45) is 4.20. The summed E-state index contributed by atoms with van der Waals surface area (Å²) in [6.45, 7) is 1.48. The Labute approximate surface area is 114 Å². The first kappa shape index (κ1) is 15.8. The molecule has 1 unspecified atom stereocenters. The van der Waals surface area contributed by atoms with Gasteiger partial charge < -0.3 is 20.0 Å². The van der Waals surface area contributed by atoms with Crippen molar-refractivity contribution < 1.29 is 19.8 Å². The van der Waals surface area contributed by atoms with Gasteiger partial charge in [0.15, 0.2) is 0 Å². The number of rotatable bonds is 7. The van der Waals surface area contributed by atoms with Gasteiger partial charge in [-0.3, -0.25) is 4.79 Å². The molecular formula is C13H24N2O4. The van der Waals surface area contributed by atoms with Gasteiger partial charge in [-0.25, -0.2) is 4.79 Å². The van der Waals surface area contributed by atoms with Crippen molar-refractivity contribution in [2.24, 2.45) is 0 Å². The fourth-order valence-electron chi connectivity index (χ4n) is 2.45. The van der Waals surface area contributed by atoms with Gasteiger partial charge in [0.05, 0.1) is 6.42 Å². The minimum atomic E-state index is -0.852. The van der Waals surface area contributed by atoms with Crippen LogP contribution < -0.4 is 0 Å². The van der Waals surface area contributed by atoms with Gasteiger partial charge in [0.1, 0.15) is 0 Å². The second-order valence-electron chi connectivity index (χ2n) is 5.08. The summed E-state index contributed by atoms with van der Waals surface area (Å²) < 4.78 is 0. The highest BCUT2D eigenvalue weighted by atomic mass is 16.4. The predicted octanol–water partition coefficient (Wildman–Crippen LogP) is 1.14. The van der Waals surface area contributed by atoms with E-state index < -0.39 is 5.97 Å². The van der Waals surface area contributed by atoms with Crippen LogP contribution in [0.4, 0.5) is 4.79 Å². The Morgan fingerprint density at radius 3 is 2.68 bits per heavy atom. The summed E-state index contributed by atoms with van der Waals surface area (Å²) in [5.74, 6) is -0.852. The van der Waals surface area contributed by atoms with E-state index in [4.69, 9.17) is 10.2 Å². The molecule has 0 aromatic rings. The van der Waals surface area contributed by atoms with Crippen LogP contribution in [0.2, 0.25) is 0 Å². The van der Waals surface area contributed by atoms with E-state index in [1.54, 1.807) is 16.8 Å². The molecule has 110 valence electrons. The second kappa shape index (κ2) is 7.99. The van der Waals surface area contributed by atoms with Gasteiger partial charge in [0, 0.05) is 32.8 Å². The molecule has 0 saturated carbocycles. The van der Waals surface area contributed by atoms with Crippen molar-refractivity contribution in [2.75, 3.05) is 26.7 Å². The number of aliphatic hydroxyl groups is 1. The topological polar surface area (TPSA) is 81.1 Å². The first-order chi connectivity index (χ1) is 9.06. The molecule has 6 heteroatoms. The third-order valence-electron chi connectivity index (χ3n) is 3.51. The molecule has 2 amide bonds. The van der Waals surface area contributed by atoms with Crippen LogP contribution in [-0.4, -0.2) is 64.8 Å². The number of aliphatic hydroxyl groups excluding tert-OH is 1. The number of likely N-dealkylation sites (tertiary alicyclic amines) is 1. The van der Waals surface area contributed by atoms with Crippen LogP contribution in [-0.2, 0) is 4.79 Å². The Hall–Kier alpha value is -1.30. The van der Waals surface area contributed by atoms with Crippen molar-refractivity contribution in [1.29, 1.82) is 0 Å². The number of aliphatic carboxylic acids is 1. The quantitative estimate of drug-likeness (QED) is 0.681. The van der Waals surface area contributed by atoms with Gasteiger partial charge in [0.25, 0.3) is 0 Å². The SMILES string of the molecule is CN(CCCCCO)C(=O)N1CCCC1CC(=O)O. The molecule has 1 saturated heterocycles. The van der Waals surface area contributed by atoms with E-state index in [9.17, 15) is 9.59 Å². The molecule has 6 nitrogen and oxygen atoms in total. The van der Waals surface area contributed by atoms with E-state index in [1.165, 1.54) is 0 Å². The summed E-state index contributed by atoms with van der Waals surface area (Å²) >= 11 is 0. The van der Waals surface area contributed by atoms with Crippen LogP contribution in [0.25, 0.3) is 0 Å². The third kappa shape index (κ3) is 5.06. The molecule has 0 bridgehead atoms. The van der Waals surface area contributed by atoms with Gasteiger partial charge in [-0.15, -0.1) is 0 Å². The van der Waals surface area contributed by atoms with Gasteiger partial charge in [-0.2, -0.15) is 0 Å². The first-order valence-corrected chi connectivity index (χ1v) is 6.90. The molecule has 1 aliphatic rings. The van der Waals surface area contributed by atoms with Crippen molar-refractivity contribution in [3.8, 4) is 0 Å². The second-order valence-corrected chi connectivity index (χ2v) is 5.08. The fourth-order valence-corrected chi connectivity index (χ4v) is 2.45. The highest BCUT2D eigenvalue weighted by molar-refractivity contribution is 5.76. The lowest BCUT2D eigenvalue weighted by Gasteiger charge is -2.29. The molecule has 0 aromatic heterocycles. The Bertz CT molecular complexity index is 309.